The van der Waals surface area contributed by atoms with Gasteiger partial charge in [-0.15, -0.1) is 0 Å². The summed E-state index contributed by atoms with van der Waals surface area (Å²) in [6.07, 6.45) is 17.4. The van der Waals surface area contributed by atoms with Crippen molar-refractivity contribution < 1.29 is 9.47 Å². The fourth-order valence-corrected chi connectivity index (χ4v) is 4.67. The molecule has 1 aliphatic heterocycles. The Morgan fingerprint density at radius 1 is 0.688 bits per heavy atom. The number of rotatable bonds is 15. The van der Waals surface area contributed by atoms with Crippen LogP contribution in [0.3, 0.4) is 0 Å². The molecule has 0 aromatic heterocycles. The molecule has 1 fully saturated rings. The normalized spacial score (nSPS) is 18.2. The van der Waals surface area contributed by atoms with Crippen molar-refractivity contribution in [2.45, 2.75) is 110 Å². The second kappa shape index (κ2) is 14.4. The number of benzene rings is 2. The lowest BCUT2D eigenvalue weighted by Crippen LogP contribution is -2.06. The lowest BCUT2D eigenvalue weighted by Gasteiger charge is -2.14. The second-order valence-corrected chi connectivity index (χ2v) is 9.44. The Hall–Kier alpha value is -1.80. The van der Waals surface area contributed by atoms with E-state index >= 15 is 0 Å². The number of unbranched alkanes of at least 4 members (excludes halogenated alkanes) is 8. The summed E-state index contributed by atoms with van der Waals surface area (Å²) in [6.45, 7) is 5.35. The highest BCUT2D eigenvalue weighted by Crippen LogP contribution is 2.35. The van der Waals surface area contributed by atoms with Gasteiger partial charge >= 0.3 is 0 Å². The van der Waals surface area contributed by atoms with Crippen LogP contribution in [-0.2, 0) is 4.74 Å². The van der Waals surface area contributed by atoms with Crippen LogP contribution in [0.1, 0.15) is 109 Å². The Balaban J connectivity index is 1.41. The van der Waals surface area contributed by atoms with Crippen LogP contribution < -0.4 is 4.74 Å². The average molecular weight is 437 g/mol. The van der Waals surface area contributed by atoms with Crippen molar-refractivity contribution in [1.29, 1.82) is 0 Å². The molecule has 2 aromatic carbocycles. The first-order chi connectivity index (χ1) is 15.8. The molecule has 0 N–H and O–H groups in total. The van der Waals surface area contributed by atoms with Gasteiger partial charge in [0.25, 0.3) is 0 Å². The number of hydrogen-bond acceptors (Lipinski definition) is 2. The van der Waals surface area contributed by atoms with E-state index in [-0.39, 0.29) is 6.10 Å². The molecule has 0 spiro atoms. The summed E-state index contributed by atoms with van der Waals surface area (Å²) in [5, 5.41) is 0. The molecule has 2 heteroatoms. The van der Waals surface area contributed by atoms with Crippen LogP contribution in [0.5, 0.6) is 5.75 Å². The van der Waals surface area contributed by atoms with Crippen molar-refractivity contribution in [3.8, 4) is 16.9 Å². The van der Waals surface area contributed by atoms with E-state index < -0.39 is 0 Å². The topological polar surface area (TPSA) is 18.5 Å². The molecule has 2 aromatic rings. The summed E-state index contributed by atoms with van der Waals surface area (Å²) < 4.78 is 12.3. The highest BCUT2D eigenvalue weighted by Gasteiger charge is 2.25. The molecule has 0 radical (unpaired) electrons. The zero-order valence-corrected chi connectivity index (χ0v) is 20.5. The summed E-state index contributed by atoms with van der Waals surface area (Å²) in [7, 11) is 0. The third-order valence-electron chi connectivity index (χ3n) is 6.72. The Bertz CT molecular complexity index is 734. The van der Waals surface area contributed by atoms with E-state index in [2.05, 4.69) is 62.4 Å². The molecule has 2 atom stereocenters. The lowest BCUT2D eigenvalue weighted by atomic mass is 10.0. The van der Waals surface area contributed by atoms with Crippen molar-refractivity contribution in [2.75, 3.05) is 6.61 Å². The van der Waals surface area contributed by atoms with Crippen LogP contribution in [0.25, 0.3) is 11.1 Å². The SMILES string of the molecule is CCCCCCCCOc1ccc(-c2ccc([C@H]3CC[C@@H](CCCCCC)O3)cc2)cc1. The third-order valence-corrected chi connectivity index (χ3v) is 6.72. The van der Waals surface area contributed by atoms with E-state index in [1.165, 1.54) is 87.3 Å². The number of ether oxygens (including phenoxy) is 2. The van der Waals surface area contributed by atoms with Gasteiger partial charge in [0.05, 0.1) is 18.8 Å². The molecule has 1 saturated heterocycles. The minimum absolute atomic E-state index is 0.276. The van der Waals surface area contributed by atoms with E-state index in [4.69, 9.17) is 9.47 Å². The first-order valence-corrected chi connectivity index (χ1v) is 13.3. The monoisotopic (exact) mass is 436 g/mol. The highest BCUT2D eigenvalue weighted by atomic mass is 16.5. The molecule has 0 bridgehead atoms. The van der Waals surface area contributed by atoms with Gasteiger partial charge in [0.1, 0.15) is 5.75 Å². The summed E-state index contributed by atoms with van der Waals surface area (Å²) in [5.41, 5.74) is 3.82. The molecule has 3 rings (SSSR count). The van der Waals surface area contributed by atoms with Crippen LogP contribution in [0, 0.1) is 0 Å². The smallest absolute Gasteiger partial charge is 0.119 e. The van der Waals surface area contributed by atoms with Gasteiger partial charge in [0.2, 0.25) is 0 Å². The first-order valence-electron chi connectivity index (χ1n) is 13.3. The number of hydrogen-bond donors (Lipinski definition) is 0. The lowest BCUT2D eigenvalue weighted by molar-refractivity contribution is 0.0386. The van der Waals surface area contributed by atoms with Gasteiger partial charge in [-0.25, -0.2) is 0 Å². The third kappa shape index (κ3) is 8.28. The molecular formula is C30H44O2. The zero-order valence-electron chi connectivity index (χ0n) is 20.5. The Morgan fingerprint density at radius 2 is 1.28 bits per heavy atom. The Labute approximate surface area is 196 Å². The molecule has 0 amide bonds. The predicted molar refractivity (Wildman–Crippen MR) is 136 cm³/mol. The van der Waals surface area contributed by atoms with Crippen LogP contribution >= 0.6 is 0 Å². The second-order valence-electron chi connectivity index (χ2n) is 9.44. The first kappa shape index (κ1) is 24.8. The van der Waals surface area contributed by atoms with E-state index in [1.807, 2.05) is 0 Å². The van der Waals surface area contributed by atoms with Crippen LogP contribution in [0.4, 0.5) is 0 Å². The molecule has 1 aliphatic rings. The van der Waals surface area contributed by atoms with Crippen molar-refractivity contribution >= 4 is 0 Å². The van der Waals surface area contributed by atoms with Gasteiger partial charge in [-0.05, 0) is 54.5 Å². The Kier molecular flexibility index (Phi) is 11.2. The quantitative estimate of drug-likeness (QED) is 0.259. The van der Waals surface area contributed by atoms with Gasteiger partial charge < -0.3 is 9.47 Å². The van der Waals surface area contributed by atoms with Gasteiger partial charge in [-0.3, -0.25) is 0 Å². The summed E-state index contributed by atoms with van der Waals surface area (Å²) >= 11 is 0. The molecule has 2 nitrogen and oxygen atoms in total. The van der Waals surface area contributed by atoms with Crippen LogP contribution in [0.15, 0.2) is 48.5 Å². The van der Waals surface area contributed by atoms with Crippen molar-refractivity contribution in [3.05, 3.63) is 54.1 Å². The fourth-order valence-electron chi connectivity index (χ4n) is 4.67. The van der Waals surface area contributed by atoms with Gasteiger partial charge in [0.15, 0.2) is 0 Å². The molecule has 0 unspecified atom stereocenters. The van der Waals surface area contributed by atoms with E-state index in [0.29, 0.717) is 6.10 Å². The Morgan fingerprint density at radius 3 is 1.97 bits per heavy atom. The fraction of sp³-hybridized carbons (Fsp3) is 0.600. The molecule has 0 saturated carbocycles. The predicted octanol–water partition coefficient (Wildman–Crippen LogP) is 9.28. The molecule has 0 aliphatic carbocycles. The maximum absolute atomic E-state index is 6.35. The maximum atomic E-state index is 6.35. The summed E-state index contributed by atoms with van der Waals surface area (Å²) in [5.74, 6) is 0.975. The highest BCUT2D eigenvalue weighted by molar-refractivity contribution is 5.64. The van der Waals surface area contributed by atoms with Crippen molar-refractivity contribution in [3.63, 3.8) is 0 Å². The minimum Gasteiger partial charge on any atom is -0.494 e. The zero-order chi connectivity index (χ0) is 22.4. The van der Waals surface area contributed by atoms with Gasteiger partial charge in [-0.2, -0.15) is 0 Å². The van der Waals surface area contributed by atoms with Crippen LogP contribution in [0.2, 0.25) is 0 Å². The summed E-state index contributed by atoms with van der Waals surface area (Å²) in [6, 6.07) is 17.5. The van der Waals surface area contributed by atoms with E-state index in [9.17, 15) is 0 Å². The minimum atomic E-state index is 0.276. The molecular weight excluding hydrogens is 392 g/mol. The largest absolute Gasteiger partial charge is 0.494 e. The molecule has 32 heavy (non-hydrogen) atoms. The van der Waals surface area contributed by atoms with E-state index in [0.717, 1.165) is 25.2 Å². The van der Waals surface area contributed by atoms with Crippen LogP contribution in [-0.4, -0.2) is 12.7 Å². The molecule has 1 heterocycles. The van der Waals surface area contributed by atoms with E-state index in [1.54, 1.807) is 0 Å². The summed E-state index contributed by atoms with van der Waals surface area (Å²) in [4.78, 5) is 0. The van der Waals surface area contributed by atoms with Crippen molar-refractivity contribution in [2.24, 2.45) is 0 Å². The average Bonchev–Trinajstić information content (AvgIpc) is 3.31. The van der Waals surface area contributed by atoms with Gasteiger partial charge in [-0.1, -0.05) is 108 Å². The van der Waals surface area contributed by atoms with Gasteiger partial charge in [0, 0.05) is 0 Å². The standard InChI is InChI=1S/C30H44O2/c1-3-5-7-9-10-12-24-31-28-20-18-26(19-21-28)25-14-16-27(17-15-25)30-23-22-29(32-30)13-11-8-6-4-2/h14-21,29-30H,3-13,22-24H2,1-2H3/t29-,30-/m1/s1. The molecule has 176 valence electrons. The van der Waals surface area contributed by atoms with Crippen molar-refractivity contribution in [1.82, 2.24) is 0 Å². The maximum Gasteiger partial charge on any atom is 0.119 e.